The van der Waals surface area contributed by atoms with Crippen molar-refractivity contribution >= 4 is 23.7 Å². The number of thioether (sulfide) groups is 1. The van der Waals surface area contributed by atoms with E-state index in [1.807, 2.05) is 34.9 Å². The van der Waals surface area contributed by atoms with Crippen molar-refractivity contribution < 1.29 is 18.7 Å². The zero-order chi connectivity index (χ0) is 20.8. The first kappa shape index (κ1) is 20.5. The number of carbonyl (C=O) groups excluding carboxylic acids is 2. The van der Waals surface area contributed by atoms with Crippen LogP contribution in [-0.4, -0.2) is 46.1 Å². The molecule has 0 fully saturated rings. The SMILES string of the molecule is CNC(=O)NC(=O)[C@@H](C)Sc1nnc(-c2cccc(OC)c2)n1Cc1ccco1. The molecule has 2 heterocycles. The van der Waals surface area contributed by atoms with Gasteiger partial charge in [0.15, 0.2) is 11.0 Å². The Labute approximate surface area is 171 Å². The Hall–Kier alpha value is -3.27. The predicted octanol–water partition coefficient (Wildman–Crippen LogP) is 2.53. The lowest BCUT2D eigenvalue weighted by atomic mass is 10.2. The maximum Gasteiger partial charge on any atom is 0.321 e. The average Bonchev–Trinajstić information content (AvgIpc) is 3.38. The van der Waals surface area contributed by atoms with E-state index in [-0.39, 0.29) is 0 Å². The molecule has 0 saturated heterocycles. The van der Waals surface area contributed by atoms with E-state index in [1.54, 1.807) is 26.4 Å². The van der Waals surface area contributed by atoms with Crippen molar-refractivity contribution in [3.8, 4) is 17.1 Å². The van der Waals surface area contributed by atoms with Crippen molar-refractivity contribution in [3.63, 3.8) is 0 Å². The van der Waals surface area contributed by atoms with Crippen molar-refractivity contribution in [1.82, 2.24) is 25.4 Å². The summed E-state index contributed by atoms with van der Waals surface area (Å²) in [6.45, 7) is 2.08. The van der Waals surface area contributed by atoms with Crippen LogP contribution in [0.2, 0.25) is 0 Å². The van der Waals surface area contributed by atoms with Gasteiger partial charge in [0, 0.05) is 12.6 Å². The summed E-state index contributed by atoms with van der Waals surface area (Å²) in [4.78, 5) is 23.6. The number of imide groups is 1. The molecule has 0 aliphatic carbocycles. The quantitative estimate of drug-likeness (QED) is 0.570. The Morgan fingerprint density at radius 1 is 1.28 bits per heavy atom. The van der Waals surface area contributed by atoms with Crippen molar-refractivity contribution in [3.05, 3.63) is 48.4 Å². The number of urea groups is 1. The molecule has 0 spiro atoms. The Morgan fingerprint density at radius 3 is 2.79 bits per heavy atom. The summed E-state index contributed by atoms with van der Waals surface area (Å²) in [5.74, 6) is 1.60. The fourth-order valence-electron chi connectivity index (χ4n) is 2.54. The lowest BCUT2D eigenvalue weighted by Crippen LogP contribution is -2.41. The maximum atomic E-state index is 12.2. The molecule has 3 rings (SSSR count). The smallest absolute Gasteiger partial charge is 0.321 e. The van der Waals surface area contributed by atoms with E-state index in [0.29, 0.717) is 23.3 Å². The lowest BCUT2D eigenvalue weighted by molar-refractivity contribution is -0.119. The highest BCUT2D eigenvalue weighted by Crippen LogP contribution is 2.29. The minimum Gasteiger partial charge on any atom is -0.497 e. The number of methoxy groups -OCH3 is 1. The van der Waals surface area contributed by atoms with E-state index >= 15 is 0 Å². The molecule has 0 bridgehead atoms. The molecule has 0 saturated carbocycles. The van der Waals surface area contributed by atoms with Crippen LogP contribution in [0.4, 0.5) is 4.79 Å². The highest BCUT2D eigenvalue weighted by molar-refractivity contribution is 8.00. The topological polar surface area (TPSA) is 111 Å². The van der Waals surface area contributed by atoms with E-state index in [9.17, 15) is 9.59 Å². The van der Waals surface area contributed by atoms with Gasteiger partial charge in [-0.3, -0.25) is 14.7 Å². The number of nitrogens with zero attached hydrogens (tertiary/aromatic N) is 3. The van der Waals surface area contributed by atoms with E-state index in [0.717, 1.165) is 11.3 Å². The summed E-state index contributed by atoms with van der Waals surface area (Å²) < 4.78 is 12.6. The fraction of sp³-hybridized carbons (Fsp3) is 0.263. The molecule has 2 aromatic heterocycles. The van der Waals surface area contributed by atoms with Gasteiger partial charge in [0.05, 0.1) is 25.2 Å². The van der Waals surface area contributed by atoms with Crippen LogP contribution < -0.4 is 15.4 Å². The molecule has 3 amide bonds. The van der Waals surface area contributed by atoms with Gasteiger partial charge in [-0.15, -0.1) is 10.2 Å². The number of amides is 3. The molecule has 10 heteroatoms. The Balaban J connectivity index is 1.91. The predicted molar refractivity (Wildman–Crippen MR) is 108 cm³/mol. The third-order valence-electron chi connectivity index (χ3n) is 4.05. The molecule has 1 atom stereocenters. The van der Waals surface area contributed by atoms with Crippen LogP contribution in [0.15, 0.2) is 52.2 Å². The monoisotopic (exact) mass is 415 g/mol. The molecule has 3 aromatic rings. The van der Waals surface area contributed by atoms with Gasteiger partial charge in [-0.2, -0.15) is 0 Å². The van der Waals surface area contributed by atoms with E-state index in [2.05, 4.69) is 20.8 Å². The molecular weight excluding hydrogens is 394 g/mol. The molecule has 29 heavy (non-hydrogen) atoms. The second-order valence-electron chi connectivity index (χ2n) is 6.03. The maximum absolute atomic E-state index is 12.2. The summed E-state index contributed by atoms with van der Waals surface area (Å²) in [6, 6.07) is 10.6. The zero-order valence-corrected chi connectivity index (χ0v) is 17.0. The van der Waals surface area contributed by atoms with Gasteiger partial charge in [0.1, 0.15) is 11.5 Å². The van der Waals surface area contributed by atoms with E-state index in [4.69, 9.17) is 9.15 Å². The van der Waals surface area contributed by atoms with Gasteiger partial charge < -0.3 is 14.5 Å². The number of nitrogens with one attached hydrogen (secondary N) is 2. The van der Waals surface area contributed by atoms with Gasteiger partial charge in [-0.25, -0.2) is 4.79 Å². The van der Waals surface area contributed by atoms with Crippen LogP contribution in [0, 0.1) is 0 Å². The van der Waals surface area contributed by atoms with Crippen LogP contribution >= 0.6 is 11.8 Å². The molecule has 1 aromatic carbocycles. The number of hydrogen-bond donors (Lipinski definition) is 2. The minimum absolute atomic E-state index is 0.388. The highest BCUT2D eigenvalue weighted by Gasteiger charge is 2.22. The van der Waals surface area contributed by atoms with Gasteiger partial charge in [0.25, 0.3) is 0 Å². The van der Waals surface area contributed by atoms with Crippen molar-refractivity contribution in [2.45, 2.75) is 23.9 Å². The molecule has 2 N–H and O–H groups in total. The van der Waals surface area contributed by atoms with Crippen LogP contribution in [0.5, 0.6) is 5.75 Å². The standard InChI is InChI=1S/C19H21N5O4S/c1-12(17(25)21-18(26)20-2)29-19-23-22-16(13-6-4-7-14(10-13)27-3)24(19)11-15-8-5-9-28-15/h4-10,12H,11H2,1-3H3,(H2,20,21,25,26)/t12-/m1/s1. The first-order valence-corrected chi connectivity index (χ1v) is 9.69. The average molecular weight is 415 g/mol. The van der Waals surface area contributed by atoms with E-state index < -0.39 is 17.2 Å². The molecule has 0 unspecified atom stereocenters. The molecule has 0 aliphatic heterocycles. The highest BCUT2D eigenvalue weighted by atomic mass is 32.2. The number of ether oxygens (including phenoxy) is 1. The largest absolute Gasteiger partial charge is 0.497 e. The third kappa shape index (κ3) is 4.96. The Morgan fingerprint density at radius 2 is 2.10 bits per heavy atom. The van der Waals surface area contributed by atoms with Crippen LogP contribution in [0.1, 0.15) is 12.7 Å². The summed E-state index contributed by atoms with van der Waals surface area (Å²) >= 11 is 1.20. The number of benzene rings is 1. The zero-order valence-electron chi connectivity index (χ0n) is 16.2. The van der Waals surface area contributed by atoms with Gasteiger partial charge in [0.2, 0.25) is 5.91 Å². The Bertz CT molecular complexity index is 986. The van der Waals surface area contributed by atoms with Crippen molar-refractivity contribution in [2.75, 3.05) is 14.2 Å². The van der Waals surface area contributed by atoms with Crippen molar-refractivity contribution in [1.29, 1.82) is 0 Å². The summed E-state index contributed by atoms with van der Waals surface area (Å²) in [6.07, 6.45) is 1.59. The number of furan rings is 1. The first-order chi connectivity index (χ1) is 14.0. The van der Waals surface area contributed by atoms with Crippen LogP contribution in [0.3, 0.4) is 0 Å². The number of hydrogen-bond acceptors (Lipinski definition) is 7. The first-order valence-electron chi connectivity index (χ1n) is 8.81. The normalized spacial score (nSPS) is 11.7. The van der Waals surface area contributed by atoms with Crippen molar-refractivity contribution in [2.24, 2.45) is 0 Å². The second kappa shape index (κ2) is 9.28. The number of rotatable bonds is 7. The van der Waals surface area contributed by atoms with Crippen LogP contribution in [0.25, 0.3) is 11.4 Å². The molecule has 152 valence electrons. The summed E-state index contributed by atoms with van der Waals surface area (Å²) in [5, 5.41) is 13.2. The van der Waals surface area contributed by atoms with Crippen LogP contribution in [-0.2, 0) is 11.3 Å². The minimum atomic E-state index is -0.565. The molecule has 9 nitrogen and oxygen atoms in total. The lowest BCUT2D eigenvalue weighted by Gasteiger charge is -2.13. The summed E-state index contributed by atoms with van der Waals surface area (Å²) in [7, 11) is 3.04. The molecule has 0 aliphatic rings. The van der Waals surface area contributed by atoms with Gasteiger partial charge >= 0.3 is 6.03 Å². The third-order valence-corrected chi connectivity index (χ3v) is 5.13. The fourth-order valence-corrected chi connectivity index (χ4v) is 3.39. The van der Waals surface area contributed by atoms with E-state index in [1.165, 1.54) is 18.8 Å². The number of aromatic nitrogens is 3. The number of carbonyl (C=O) groups is 2. The molecule has 0 radical (unpaired) electrons. The Kier molecular flexibility index (Phi) is 6.55. The van der Waals surface area contributed by atoms with Gasteiger partial charge in [-0.05, 0) is 31.2 Å². The second-order valence-corrected chi connectivity index (χ2v) is 7.34. The summed E-state index contributed by atoms with van der Waals surface area (Å²) in [5.41, 5.74) is 0.817. The molecular formula is C19H21N5O4S. The van der Waals surface area contributed by atoms with Gasteiger partial charge in [-0.1, -0.05) is 23.9 Å².